The van der Waals surface area contributed by atoms with Crippen molar-refractivity contribution >= 4 is 47.4 Å². The van der Waals surface area contributed by atoms with Crippen LogP contribution in [0.1, 0.15) is 43.5 Å². The molecule has 0 radical (unpaired) electrons. The number of carbonyl (C=O) groups is 1. The Morgan fingerprint density at radius 3 is 2.72 bits per heavy atom. The predicted molar refractivity (Wildman–Crippen MR) is 141 cm³/mol. The molecule has 2 heterocycles. The minimum absolute atomic E-state index is 0. The lowest BCUT2D eigenvalue weighted by Crippen LogP contribution is -2.44. The third kappa shape index (κ3) is 8.57. The van der Waals surface area contributed by atoms with E-state index in [1.54, 1.807) is 18.4 Å². The Labute approximate surface area is 212 Å². The van der Waals surface area contributed by atoms with Crippen molar-refractivity contribution in [1.82, 2.24) is 20.5 Å². The van der Waals surface area contributed by atoms with Crippen molar-refractivity contribution < 1.29 is 9.53 Å². The van der Waals surface area contributed by atoms with Crippen LogP contribution in [0.4, 0.5) is 4.79 Å². The number of benzene rings is 1. The summed E-state index contributed by atoms with van der Waals surface area (Å²) >= 11 is 1.71. The second kappa shape index (κ2) is 12.4. The molecular formula is C23H34IN5O2S. The van der Waals surface area contributed by atoms with Crippen LogP contribution in [0, 0.1) is 0 Å². The summed E-state index contributed by atoms with van der Waals surface area (Å²) in [7, 11) is 1.78. The Kier molecular flexibility index (Phi) is 10.2. The quantitative estimate of drug-likeness (QED) is 0.309. The molecule has 32 heavy (non-hydrogen) atoms. The number of halogens is 1. The number of nitrogens with zero attached hydrogens (tertiary/aromatic N) is 3. The highest BCUT2D eigenvalue weighted by molar-refractivity contribution is 14.0. The highest BCUT2D eigenvalue weighted by Crippen LogP contribution is 2.15. The molecule has 2 aromatic rings. The first-order chi connectivity index (χ1) is 14.8. The number of guanidine groups is 1. The number of aliphatic imine (C=N–C) groups is 1. The molecule has 0 spiro atoms. The van der Waals surface area contributed by atoms with E-state index in [2.05, 4.69) is 50.2 Å². The molecule has 0 saturated carbocycles. The third-order valence-corrected chi connectivity index (χ3v) is 5.88. The Bertz CT molecular complexity index is 882. The largest absolute Gasteiger partial charge is 0.444 e. The molecule has 1 fully saturated rings. The van der Waals surface area contributed by atoms with Crippen molar-refractivity contribution in [3.05, 3.63) is 52.0 Å². The van der Waals surface area contributed by atoms with E-state index in [0.29, 0.717) is 13.1 Å². The van der Waals surface area contributed by atoms with E-state index in [9.17, 15) is 4.79 Å². The normalized spacial score (nSPS) is 16.4. The molecule has 1 aromatic heterocycles. The van der Waals surface area contributed by atoms with E-state index in [0.717, 1.165) is 42.5 Å². The number of rotatable bonds is 6. The van der Waals surface area contributed by atoms with Gasteiger partial charge in [0.1, 0.15) is 5.60 Å². The van der Waals surface area contributed by atoms with Crippen LogP contribution in [-0.4, -0.2) is 53.7 Å². The average molecular weight is 572 g/mol. The molecule has 9 heteroatoms. The van der Waals surface area contributed by atoms with E-state index in [-0.39, 0.29) is 36.1 Å². The smallest absolute Gasteiger partial charge is 0.407 e. The number of carbonyl (C=O) groups excluding carboxylic acids is 1. The summed E-state index contributed by atoms with van der Waals surface area (Å²) in [5.41, 5.74) is 1.87. The number of thiazole rings is 1. The number of likely N-dealkylation sites (tertiary alicyclic amines) is 1. The summed E-state index contributed by atoms with van der Waals surface area (Å²) in [5.74, 6) is 0.826. The van der Waals surface area contributed by atoms with Gasteiger partial charge in [0.25, 0.3) is 0 Å². The van der Waals surface area contributed by atoms with Crippen LogP contribution < -0.4 is 10.6 Å². The number of nitrogens with one attached hydrogen (secondary N) is 2. The zero-order valence-electron chi connectivity index (χ0n) is 19.3. The molecule has 0 bridgehead atoms. The molecule has 0 unspecified atom stereocenters. The number of hydrogen-bond acceptors (Lipinski definition) is 5. The van der Waals surface area contributed by atoms with Gasteiger partial charge in [-0.1, -0.05) is 30.3 Å². The van der Waals surface area contributed by atoms with Crippen molar-refractivity contribution in [1.29, 1.82) is 0 Å². The van der Waals surface area contributed by atoms with Crippen LogP contribution in [0.5, 0.6) is 0 Å². The first kappa shape index (κ1) is 26.4. The molecule has 0 aliphatic carbocycles. The van der Waals surface area contributed by atoms with Gasteiger partial charge in [-0.15, -0.1) is 35.3 Å². The first-order valence-electron chi connectivity index (χ1n) is 10.7. The number of aromatic nitrogens is 1. The zero-order chi connectivity index (χ0) is 22.3. The molecule has 7 nitrogen and oxygen atoms in total. The fourth-order valence-electron chi connectivity index (χ4n) is 3.49. The van der Waals surface area contributed by atoms with Crippen molar-refractivity contribution in [2.45, 2.75) is 58.2 Å². The Balaban J connectivity index is 0.00000363. The second-order valence-corrected chi connectivity index (χ2v) is 9.64. The van der Waals surface area contributed by atoms with Crippen molar-refractivity contribution in [3.63, 3.8) is 0 Å². The summed E-state index contributed by atoms with van der Waals surface area (Å²) in [5, 5.41) is 9.62. The predicted octanol–water partition coefficient (Wildman–Crippen LogP) is 4.22. The average Bonchev–Trinajstić information content (AvgIpc) is 3.36. The molecule has 1 saturated heterocycles. The minimum atomic E-state index is -0.493. The summed E-state index contributed by atoms with van der Waals surface area (Å²) < 4.78 is 5.36. The fraction of sp³-hybridized carbons (Fsp3) is 0.522. The molecule has 1 aliphatic rings. The number of amides is 1. The highest BCUT2D eigenvalue weighted by Gasteiger charge is 2.27. The maximum absolute atomic E-state index is 12.0. The van der Waals surface area contributed by atoms with Crippen LogP contribution in [0.15, 0.2) is 40.7 Å². The van der Waals surface area contributed by atoms with Crippen molar-refractivity contribution in [2.24, 2.45) is 4.99 Å². The minimum Gasteiger partial charge on any atom is -0.444 e. The van der Waals surface area contributed by atoms with Crippen LogP contribution in [-0.2, 0) is 24.1 Å². The van der Waals surface area contributed by atoms with E-state index in [1.165, 1.54) is 5.56 Å². The number of ether oxygens (including phenoxy) is 1. The monoisotopic (exact) mass is 571 g/mol. The van der Waals surface area contributed by atoms with Crippen LogP contribution >= 0.6 is 35.3 Å². The molecular weight excluding hydrogens is 537 g/mol. The van der Waals surface area contributed by atoms with Gasteiger partial charge >= 0.3 is 6.09 Å². The van der Waals surface area contributed by atoms with E-state index in [4.69, 9.17) is 9.72 Å². The maximum atomic E-state index is 12.0. The van der Waals surface area contributed by atoms with Gasteiger partial charge < -0.3 is 20.3 Å². The number of hydrogen-bond donors (Lipinski definition) is 2. The highest BCUT2D eigenvalue weighted by atomic mass is 127. The second-order valence-electron chi connectivity index (χ2n) is 8.70. The maximum Gasteiger partial charge on any atom is 0.407 e. The molecule has 1 aromatic carbocycles. The van der Waals surface area contributed by atoms with Crippen LogP contribution in [0.25, 0.3) is 0 Å². The lowest BCUT2D eigenvalue weighted by atomic mass is 10.1. The van der Waals surface area contributed by atoms with Gasteiger partial charge in [-0.05, 0) is 39.2 Å². The van der Waals surface area contributed by atoms with E-state index < -0.39 is 5.60 Å². The van der Waals surface area contributed by atoms with Gasteiger partial charge in [0.05, 0.1) is 23.3 Å². The Morgan fingerprint density at radius 1 is 1.28 bits per heavy atom. The van der Waals surface area contributed by atoms with E-state index in [1.807, 2.05) is 26.8 Å². The molecule has 1 aliphatic heterocycles. The van der Waals surface area contributed by atoms with E-state index >= 15 is 0 Å². The van der Waals surface area contributed by atoms with Crippen molar-refractivity contribution in [2.75, 3.05) is 20.1 Å². The van der Waals surface area contributed by atoms with Crippen LogP contribution in [0.3, 0.4) is 0 Å². The summed E-state index contributed by atoms with van der Waals surface area (Å²) in [6, 6.07) is 10.5. The van der Waals surface area contributed by atoms with Gasteiger partial charge in [-0.25, -0.2) is 9.78 Å². The fourth-order valence-corrected chi connectivity index (χ4v) is 4.29. The summed E-state index contributed by atoms with van der Waals surface area (Å²) in [6.45, 7) is 7.77. The van der Waals surface area contributed by atoms with Gasteiger partial charge in [-0.3, -0.25) is 4.99 Å². The topological polar surface area (TPSA) is 78.9 Å². The zero-order valence-corrected chi connectivity index (χ0v) is 22.4. The molecule has 1 atom stereocenters. The molecule has 2 N–H and O–H groups in total. The van der Waals surface area contributed by atoms with Gasteiger partial charge in [0, 0.05) is 31.9 Å². The standard InChI is InChI=1S/C23H33N5O2S.HI/c1-23(2,3)30-22(29)27-18-12-13-28(15-18)21(24-4)25-14-19-16-31-20(26-19)11-10-17-8-6-5-7-9-17;/h5-9,16,18H,10-15H2,1-4H3,(H,24,25)(H,27,29);1H/t18-;/m1./s1. The molecule has 1 amide bonds. The molecule has 176 valence electrons. The van der Waals surface area contributed by atoms with Gasteiger partial charge in [0.2, 0.25) is 0 Å². The SMILES string of the molecule is CN=C(NCc1csc(CCc2ccccc2)n1)N1CC[C@@H](NC(=O)OC(C)(C)C)C1.I. The lowest BCUT2D eigenvalue weighted by Gasteiger charge is -2.23. The Hall–Kier alpha value is -1.88. The van der Waals surface area contributed by atoms with Crippen LogP contribution in [0.2, 0.25) is 0 Å². The van der Waals surface area contributed by atoms with Gasteiger partial charge in [0.15, 0.2) is 5.96 Å². The third-order valence-electron chi connectivity index (χ3n) is 4.92. The van der Waals surface area contributed by atoms with Gasteiger partial charge in [-0.2, -0.15) is 0 Å². The first-order valence-corrected chi connectivity index (χ1v) is 11.6. The molecule has 3 rings (SSSR count). The Morgan fingerprint density at radius 2 is 2.03 bits per heavy atom. The number of alkyl carbamates (subject to hydrolysis) is 1. The van der Waals surface area contributed by atoms with Crippen molar-refractivity contribution in [3.8, 4) is 0 Å². The summed E-state index contributed by atoms with van der Waals surface area (Å²) in [6.07, 6.45) is 2.45. The lowest BCUT2D eigenvalue weighted by molar-refractivity contribution is 0.0507. The number of aryl methyl sites for hydroxylation is 2. The summed E-state index contributed by atoms with van der Waals surface area (Å²) in [4.78, 5) is 23.3.